The topological polar surface area (TPSA) is 90.5 Å². The molecule has 1 aliphatic rings. The van der Waals surface area contributed by atoms with Gasteiger partial charge in [0, 0.05) is 31.0 Å². The number of rotatable bonds is 6. The average molecular weight is 602 g/mol. The molecular weight excluding hydrogens is 580 g/mol. The highest BCUT2D eigenvalue weighted by Crippen LogP contribution is 3.02. The number of sulfonamides is 1. The van der Waals surface area contributed by atoms with Gasteiger partial charge in [0.2, 0.25) is 10.0 Å². The van der Waals surface area contributed by atoms with Gasteiger partial charge in [-0.25, -0.2) is 17.8 Å². The lowest BCUT2D eigenvalue weighted by molar-refractivity contribution is 0.328. The summed E-state index contributed by atoms with van der Waals surface area (Å²) in [7, 11) is -14.0. The van der Waals surface area contributed by atoms with Gasteiger partial charge in [-0.3, -0.25) is 4.40 Å². The molecule has 0 aliphatic carbocycles. The quantitative estimate of drug-likeness (QED) is 0.242. The minimum absolute atomic E-state index is 0.0129. The molecular formula is C25H21F6N5O2S2. The van der Waals surface area contributed by atoms with Crippen LogP contribution in [0.4, 0.5) is 29.5 Å². The Kier molecular flexibility index (Phi) is 6.18. The summed E-state index contributed by atoms with van der Waals surface area (Å²) in [5.74, 6) is -0.951. The third kappa shape index (κ3) is 5.47. The Hall–Kier alpha value is -3.74. The zero-order valence-corrected chi connectivity index (χ0v) is 22.1. The van der Waals surface area contributed by atoms with Gasteiger partial charge in [-0.15, -0.1) is 0 Å². The fraction of sp³-hybridized carbons (Fsp3) is 0.200. The van der Waals surface area contributed by atoms with Gasteiger partial charge in [0.1, 0.15) is 33.0 Å². The van der Waals surface area contributed by atoms with Crippen LogP contribution in [0.25, 0.3) is 16.8 Å². The maximum Gasteiger partial charge on any atom is 0.310 e. The Balaban J connectivity index is 1.27. The van der Waals surface area contributed by atoms with E-state index in [1.54, 1.807) is 18.3 Å². The van der Waals surface area contributed by atoms with Crippen molar-refractivity contribution in [1.29, 1.82) is 5.26 Å². The number of imidazole rings is 1. The highest BCUT2D eigenvalue weighted by atomic mass is 32.5. The molecule has 2 aromatic carbocycles. The molecule has 0 spiro atoms. The van der Waals surface area contributed by atoms with Crippen molar-refractivity contribution in [2.75, 3.05) is 18.4 Å². The first-order chi connectivity index (χ1) is 18.5. The van der Waals surface area contributed by atoms with Crippen molar-refractivity contribution in [3.05, 3.63) is 78.5 Å². The van der Waals surface area contributed by atoms with Crippen molar-refractivity contribution >= 4 is 31.6 Å². The van der Waals surface area contributed by atoms with E-state index in [1.807, 2.05) is 6.07 Å². The van der Waals surface area contributed by atoms with Crippen LogP contribution in [-0.4, -0.2) is 41.2 Å². The van der Waals surface area contributed by atoms with E-state index in [0.29, 0.717) is 28.9 Å². The first kappa shape index (κ1) is 27.8. The molecule has 212 valence electrons. The number of aromatic nitrogens is 2. The van der Waals surface area contributed by atoms with Crippen LogP contribution < -0.4 is 5.32 Å². The normalized spacial score (nSPS) is 17.2. The molecule has 0 radical (unpaired) electrons. The van der Waals surface area contributed by atoms with E-state index in [0.717, 1.165) is 22.5 Å². The van der Waals surface area contributed by atoms with Gasteiger partial charge in [-0.2, -0.15) is 9.57 Å². The van der Waals surface area contributed by atoms with Crippen LogP contribution in [0.5, 0.6) is 0 Å². The molecule has 0 amide bonds. The largest absolute Gasteiger partial charge is 0.382 e. The maximum atomic E-state index is 15.1. The second-order valence-electron chi connectivity index (χ2n) is 9.36. The van der Waals surface area contributed by atoms with Crippen LogP contribution >= 0.6 is 10.2 Å². The van der Waals surface area contributed by atoms with Crippen molar-refractivity contribution in [3.8, 4) is 17.2 Å². The van der Waals surface area contributed by atoms with Crippen molar-refractivity contribution in [2.45, 2.75) is 28.7 Å². The average Bonchev–Trinajstić information content (AvgIpc) is 3.30. The van der Waals surface area contributed by atoms with Crippen LogP contribution in [0.3, 0.4) is 0 Å². The van der Waals surface area contributed by atoms with E-state index >= 15 is 4.39 Å². The van der Waals surface area contributed by atoms with Crippen molar-refractivity contribution in [1.82, 2.24) is 13.7 Å². The number of fused-ring (bicyclic) bond motifs is 1. The third-order valence-corrected chi connectivity index (χ3v) is 9.72. The van der Waals surface area contributed by atoms with E-state index in [4.69, 9.17) is 0 Å². The third-order valence-electron chi connectivity index (χ3n) is 6.63. The van der Waals surface area contributed by atoms with Crippen LogP contribution in [-0.2, 0) is 10.0 Å². The SMILES string of the molecule is N#Cc1cnc2ccc(-c3ccc(S(=O)(=O)N4CCC(Nc5ccc(S(F)(F)(F)(F)F)cc5)CC4)c(F)c3)cn12. The molecule has 1 saturated heterocycles. The molecule has 4 aromatic rings. The molecule has 1 N–H and O–H groups in total. The predicted molar refractivity (Wildman–Crippen MR) is 139 cm³/mol. The minimum atomic E-state index is -9.77. The monoisotopic (exact) mass is 601 g/mol. The molecule has 0 atom stereocenters. The standard InChI is InChI=1S/C25H21F6N5O2S2/c26-23-13-17(18-2-8-25-33-15-21(14-32)36(25)16-18)1-7-24(23)39(37,38)35-11-9-20(10-12-35)34-19-3-5-22(6-4-19)40(27,28,29,30)31/h1-8,13,15-16,20,34H,9-12H2. The second-order valence-corrected chi connectivity index (χ2v) is 13.7. The lowest BCUT2D eigenvalue weighted by Crippen LogP contribution is -2.42. The Labute approximate surface area is 225 Å². The number of nitrogens with one attached hydrogen (secondary N) is 1. The first-order valence-corrected chi connectivity index (χ1v) is 15.2. The Bertz CT molecular complexity index is 1760. The highest BCUT2D eigenvalue weighted by molar-refractivity contribution is 8.45. The van der Waals surface area contributed by atoms with Gasteiger partial charge in [0.15, 0.2) is 0 Å². The highest BCUT2D eigenvalue weighted by Gasteiger charge is 2.65. The number of hydrogen-bond acceptors (Lipinski definition) is 5. The molecule has 7 nitrogen and oxygen atoms in total. The van der Waals surface area contributed by atoms with Gasteiger partial charge in [-0.1, -0.05) is 25.5 Å². The molecule has 15 heteroatoms. The van der Waals surface area contributed by atoms with Crippen molar-refractivity contribution < 1.29 is 32.2 Å². The molecule has 2 aromatic heterocycles. The Morgan fingerprint density at radius 3 is 2.20 bits per heavy atom. The molecule has 0 saturated carbocycles. The molecule has 3 heterocycles. The van der Waals surface area contributed by atoms with Crippen molar-refractivity contribution in [3.63, 3.8) is 0 Å². The number of nitriles is 1. The maximum absolute atomic E-state index is 15.1. The first-order valence-electron chi connectivity index (χ1n) is 11.8. The number of halogens is 6. The number of nitrogens with zero attached hydrogens (tertiary/aromatic N) is 4. The molecule has 5 rings (SSSR count). The summed E-state index contributed by atoms with van der Waals surface area (Å²) in [6.07, 6.45) is 3.52. The summed E-state index contributed by atoms with van der Waals surface area (Å²) < 4.78 is 109. The summed E-state index contributed by atoms with van der Waals surface area (Å²) in [4.78, 5) is 1.60. The minimum Gasteiger partial charge on any atom is -0.382 e. The lowest BCUT2D eigenvalue weighted by atomic mass is 10.1. The molecule has 40 heavy (non-hydrogen) atoms. The van der Waals surface area contributed by atoms with Gasteiger partial charge in [-0.05, 0) is 72.5 Å². The lowest BCUT2D eigenvalue weighted by Gasteiger charge is -2.40. The van der Waals surface area contributed by atoms with Crippen molar-refractivity contribution in [2.24, 2.45) is 0 Å². The molecule has 0 unspecified atom stereocenters. The zero-order valence-electron chi connectivity index (χ0n) is 20.4. The smallest absolute Gasteiger partial charge is 0.310 e. The number of pyridine rings is 1. The fourth-order valence-corrected chi connectivity index (χ4v) is 6.71. The fourth-order valence-electron chi connectivity index (χ4n) is 4.55. The van der Waals surface area contributed by atoms with E-state index < -0.39 is 35.9 Å². The van der Waals surface area contributed by atoms with Gasteiger partial charge >= 0.3 is 10.2 Å². The van der Waals surface area contributed by atoms with Gasteiger partial charge < -0.3 is 5.32 Å². The van der Waals surface area contributed by atoms with E-state index in [9.17, 15) is 33.1 Å². The molecule has 1 aliphatic heterocycles. The summed E-state index contributed by atoms with van der Waals surface area (Å²) in [6.45, 7) is 0.0257. The number of hydrogen-bond donors (Lipinski definition) is 1. The number of anilines is 1. The summed E-state index contributed by atoms with van der Waals surface area (Å²) in [5, 5.41) is 12.1. The van der Waals surface area contributed by atoms with Gasteiger partial charge in [0.05, 0.1) is 6.20 Å². The van der Waals surface area contributed by atoms with Crippen LogP contribution in [0.2, 0.25) is 0 Å². The number of piperidine rings is 1. The van der Waals surface area contributed by atoms with Gasteiger partial charge in [0.25, 0.3) is 0 Å². The van der Waals surface area contributed by atoms with Crippen LogP contribution in [0.1, 0.15) is 18.5 Å². The van der Waals surface area contributed by atoms with E-state index in [2.05, 4.69) is 10.3 Å². The second kappa shape index (κ2) is 8.88. The Morgan fingerprint density at radius 2 is 1.60 bits per heavy atom. The molecule has 0 bridgehead atoms. The predicted octanol–water partition coefficient (Wildman–Crippen LogP) is 6.93. The number of benzene rings is 2. The molecule has 1 fully saturated rings. The Morgan fingerprint density at radius 1 is 0.950 bits per heavy atom. The van der Waals surface area contributed by atoms with Crippen LogP contribution in [0, 0.1) is 17.1 Å². The van der Waals surface area contributed by atoms with E-state index in [1.165, 1.54) is 22.7 Å². The zero-order chi connectivity index (χ0) is 29.0. The summed E-state index contributed by atoms with van der Waals surface area (Å²) in [5.41, 5.74) is 1.94. The summed E-state index contributed by atoms with van der Waals surface area (Å²) >= 11 is 0. The van der Waals surface area contributed by atoms with E-state index in [-0.39, 0.29) is 43.4 Å². The summed E-state index contributed by atoms with van der Waals surface area (Å²) in [6, 6.07) is 11.2. The van der Waals surface area contributed by atoms with Crippen LogP contribution in [0.15, 0.2) is 76.8 Å².